The topological polar surface area (TPSA) is 88.6 Å². The lowest BCUT2D eigenvalue weighted by Gasteiger charge is -2.35. The van der Waals surface area contributed by atoms with Gasteiger partial charge in [-0.15, -0.1) is 0 Å². The van der Waals surface area contributed by atoms with Crippen LogP contribution >= 0.6 is 11.6 Å². The summed E-state index contributed by atoms with van der Waals surface area (Å²) in [7, 11) is 5.99. The molecule has 0 radical (unpaired) electrons. The zero-order chi connectivity index (χ0) is 31.8. The van der Waals surface area contributed by atoms with Crippen LogP contribution < -0.4 is 15.1 Å². The van der Waals surface area contributed by atoms with E-state index in [1.54, 1.807) is 18.2 Å². The summed E-state index contributed by atoms with van der Waals surface area (Å²) in [6.45, 7) is 9.27. The Morgan fingerprint density at radius 2 is 1.77 bits per heavy atom. The van der Waals surface area contributed by atoms with Gasteiger partial charge in [0, 0.05) is 65.7 Å². The zero-order valence-corrected chi connectivity index (χ0v) is 26.5. The number of likely N-dealkylation sites (N-methyl/N-ethyl adjacent to an activating group) is 2. The molecule has 3 aromatic carbocycles. The number of nitrogens with zero attached hydrogens (tertiary/aromatic N) is 4. The number of carboxylic acid groups (broad SMARTS) is 1. The number of aldehydes is 1. The molecule has 6 rings (SSSR count). The van der Waals surface area contributed by atoms with Gasteiger partial charge in [-0.1, -0.05) is 17.7 Å². The number of nitrogens with one attached hydrogen (secondary N) is 1. The van der Waals surface area contributed by atoms with E-state index >= 15 is 0 Å². The number of anilines is 4. The predicted molar refractivity (Wildman–Crippen MR) is 175 cm³/mol. The first-order valence-corrected chi connectivity index (χ1v) is 15.0. The minimum Gasteiger partial charge on any atom is -0.478 e. The number of hydrogen-bond acceptors (Lipinski definition) is 8. The fraction of sp³-hybridized carbons (Fsp3) is 0.394. The van der Waals surface area contributed by atoms with Crippen LogP contribution in [-0.2, 0) is 4.74 Å². The number of rotatable bonds is 6. The van der Waals surface area contributed by atoms with Gasteiger partial charge in [0.25, 0.3) is 0 Å². The van der Waals surface area contributed by atoms with E-state index in [0.29, 0.717) is 22.6 Å². The van der Waals surface area contributed by atoms with Crippen molar-refractivity contribution in [3.63, 3.8) is 0 Å². The van der Waals surface area contributed by atoms with Crippen LogP contribution in [0.3, 0.4) is 0 Å². The van der Waals surface area contributed by atoms with Crippen molar-refractivity contribution in [2.45, 2.75) is 19.5 Å². The lowest BCUT2D eigenvalue weighted by atomic mass is 10.1. The largest absolute Gasteiger partial charge is 0.478 e. The average Bonchev–Trinajstić information content (AvgIpc) is 3.27. The van der Waals surface area contributed by atoms with Gasteiger partial charge < -0.3 is 29.9 Å². The van der Waals surface area contributed by atoms with E-state index in [1.807, 2.05) is 50.2 Å². The molecule has 2 saturated heterocycles. The lowest BCUT2D eigenvalue weighted by molar-refractivity contribution is 0.0367. The van der Waals surface area contributed by atoms with E-state index in [2.05, 4.69) is 27.1 Å². The van der Waals surface area contributed by atoms with Crippen LogP contribution in [0.2, 0.25) is 5.02 Å². The summed E-state index contributed by atoms with van der Waals surface area (Å²) < 4.78 is 18.0. The maximum atomic E-state index is 13.3. The van der Waals surface area contributed by atoms with Gasteiger partial charge in [-0.2, -0.15) is 0 Å². The predicted octanol–water partition coefficient (Wildman–Crippen LogP) is 5.59. The highest BCUT2D eigenvalue weighted by Crippen LogP contribution is 2.35. The van der Waals surface area contributed by atoms with Crippen molar-refractivity contribution >= 4 is 46.6 Å². The number of ether oxygens (including phenoxy) is 1. The summed E-state index contributed by atoms with van der Waals surface area (Å²) in [5, 5.41) is 13.2. The van der Waals surface area contributed by atoms with Gasteiger partial charge in [0.1, 0.15) is 12.0 Å². The molecular weight excluding hydrogens is 585 g/mol. The maximum Gasteiger partial charge on any atom is 0.335 e. The van der Waals surface area contributed by atoms with Gasteiger partial charge >= 0.3 is 5.97 Å². The standard InChI is InChI=1S/C15H13ClFNO.C15H22N4O2.C3H6O/c1-10-3-6-15(13(16)7-10)18(2)12-4-5-14(17)11(8-12)9-19;1-17-5-7-19(8-6-17)10-14-16-12-4-3-11(15(20)21)9-13(12)18(14)2;1-2-4-3-1/h3-9H,1-2H3;3-4,9,14,16H,5-8,10H2,1-2H3,(H,20,21);1-3H2. The summed E-state index contributed by atoms with van der Waals surface area (Å²) in [4.78, 5) is 30.6. The summed E-state index contributed by atoms with van der Waals surface area (Å²) in [5.41, 5.74) is 4.92. The van der Waals surface area contributed by atoms with E-state index in [9.17, 15) is 14.0 Å². The molecule has 0 aliphatic carbocycles. The number of aromatic carboxylic acids is 1. The third kappa shape index (κ3) is 8.47. The Bertz CT molecular complexity index is 1440. The Morgan fingerprint density at radius 1 is 1.09 bits per heavy atom. The highest BCUT2D eigenvalue weighted by molar-refractivity contribution is 6.33. The van der Waals surface area contributed by atoms with Crippen LogP contribution in [0.25, 0.3) is 0 Å². The quantitative estimate of drug-likeness (QED) is 0.340. The van der Waals surface area contributed by atoms with E-state index in [1.165, 1.54) is 18.6 Å². The van der Waals surface area contributed by atoms with Crippen molar-refractivity contribution in [3.05, 3.63) is 82.1 Å². The molecule has 0 saturated carbocycles. The number of aryl methyl sites for hydroxylation is 1. The van der Waals surface area contributed by atoms with Gasteiger partial charge in [0.15, 0.2) is 6.29 Å². The Hall–Kier alpha value is -3.70. The minimum absolute atomic E-state index is 0.0348. The fourth-order valence-corrected chi connectivity index (χ4v) is 5.33. The molecule has 3 heterocycles. The van der Waals surface area contributed by atoms with Gasteiger partial charge in [-0.05, 0) is 74.5 Å². The SMILES string of the molecule is C1COC1.CN1CCN(CC2Nc3ccc(C(=O)O)cc3N2C)CC1.Cc1ccc(N(C)c2ccc(F)c(C=O)c2)c(Cl)c1. The van der Waals surface area contributed by atoms with Gasteiger partial charge in [-0.3, -0.25) is 9.69 Å². The molecule has 1 atom stereocenters. The molecule has 11 heteroatoms. The summed E-state index contributed by atoms with van der Waals surface area (Å²) in [6, 6.07) is 15.3. The smallest absolute Gasteiger partial charge is 0.335 e. The molecular formula is C33H41ClFN5O4. The molecule has 0 bridgehead atoms. The second-order valence-electron chi connectivity index (χ2n) is 11.2. The van der Waals surface area contributed by atoms with Crippen LogP contribution in [0.1, 0.15) is 32.7 Å². The second-order valence-corrected chi connectivity index (χ2v) is 11.6. The molecule has 44 heavy (non-hydrogen) atoms. The monoisotopic (exact) mass is 625 g/mol. The Morgan fingerprint density at radius 3 is 2.36 bits per heavy atom. The number of hydrogen-bond donors (Lipinski definition) is 2. The number of carboxylic acids is 1. The first-order chi connectivity index (χ1) is 21.1. The van der Waals surface area contributed by atoms with Crippen LogP contribution in [0.4, 0.5) is 27.1 Å². The molecule has 2 fully saturated rings. The van der Waals surface area contributed by atoms with Crippen molar-refractivity contribution in [2.24, 2.45) is 0 Å². The lowest BCUT2D eigenvalue weighted by Crippen LogP contribution is -2.50. The maximum absolute atomic E-state index is 13.3. The molecule has 2 N–H and O–H groups in total. The number of benzene rings is 3. The minimum atomic E-state index is -0.881. The van der Waals surface area contributed by atoms with Crippen molar-refractivity contribution in [1.29, 1.82) is 0 Å². The van der Waals surface area contributed by atoms with Crippen LogP contribution in [0.5, 0.6) is 0 Å². The molecule has 3 aliphatic rings. The number of carbonyl (C=O) groups excluding carboxylic acids is 1. The average molecular weight is 626 g/mol. The van der Waals surface area contributed by atoms with Crippen molar-refractivity contribution in [3.8, 4) is 0 Å². The summed E-state index contributed by atoms with van der Waals surface area (Å²) >= 11 is 6.19. The molecule has 9 nitrogen and oxygen atoms in total. The van der Waals surface area contributed by atoms with Crippen LogP contribution in [0.15, 0.2) is 54.6 Å². The van der Waals surface area contributed by atoms with Crippen molar-refractivity contribution in [1.82, 2.24) is 9.80 Å². The van der Waals surface area contributed by atoms with Gasteiger partial charge in [-0.25, -0.2) is 9.18 Å². The number of fused-ring (bicyclic) bond motifs is 1. The van der Waals surface area contributed by atoms with Crippen LogP contribution in [-0.4, -0.2) is 100 Å². The molecule has 236 valence electrons. The molecule has 0 aromatic heterocycles. The second kappa shape index (κ2) is 15.3. The third-order valence-electron chi connectivity index (χ3n) is 7.98. The summed E-state index contributed by atoms with van der Waals surface area (Å²) in [6.07, 6.45) is 1.98. The van der Waals surface area contributed by atoms with Gasteiger partial charge in [0.2, 0.25) is 0 Å². The first-order valence-electron chi connectivity index (χ1n) is 14.7. The van der Waals surface area contributed by atoms with E-state index < -0.39 is 11.8 Å². The Labute approximate surface area is 263 Å². The van der Waals surface area contributed by atoms with Gasteiger partial charge in [0.05, 0.1) is 33.2 Å². The number of halogens is 2. The zero-order valence-electron chi connectivity index (χ0n) is 25.7. The Kier molecular flexibility index (Phi) is 11.6. The van der Waals surface area contributed by atoms with Crippen molar-refractivity contribution < 1.29 is 23.8 Å². The highest BCUT2D eigenvalue weighted by atomic mass is 35.5. The normalized spacial score (nSPS) is 17.6. The molecule has 0 amide bonds. The van der Waals surface area contributed by atoms with E-state index in [4.69, 9.17) is 21.4 Å². The molecule has 1 unspecified atom stereocenters. The first kappa shape index (κ1) is 33.2. The third-order valence-corrected chi connectivity index (χ3v) is 8.28. The van der Waals surface area contributed by atoms with Crippen LogP contribution in [0, 0.1) is 12.7 Å². The fourth-order valence-electron chi connectivity index (χ4n) is 4.96. The van der Waals surface area contributed by atoms with E-state index in [0.717, 1.165) is 68.6 Å². The van der Waals surface area contributed by atoms with E-state index in [-0.39, 0.29) is 11.7 Å². The number of carbonyl (C=O) groups is 2. The molecule has 3 aliphatic heterocycles. The molecule has 3 aromatic rings. The summed E-state index contributed by atoms with van der Waals surface area (Å²) in [5.74, 6) is -1.41. The highest BCUT2D eigenvalue weighted by Gasteiger charge is 2.29. The number of piperazine rings is 1. The molecule has 0 spiro atoms. The Balaban J connectivity index is 0.000000179. The van der Waals surface area contributed by atoms with Crippen molar-refractivity contribution in [2.75, 3.05) is 82.2 Å².